The van der Waals surface area contributed by atoms with Crippen LogP contribution >= 0.6 is 0 Å². The Morgan fingerprint density at radius 3 is 2.38 bits per heavy atom. The highest BCUT2D eigenvalue weighted by Crippen LogP contribution is 1.90. The van der Waals surface area contributed by atoms with E-state index in [9.17, 15) is 0 Å². The zero-order chi connectivity index (χ0) is 5.82. The van der Waals surface area contributed by atoms with Crippen molar-refractivity contribution in [2.75, 3.05) is 0 Å². The molecule has 0 aromatic carbocycles. The number of aromatic nitrogens is 3. The number of hydrogen-bond acceptors (Lipinski definition) is 3. The van der Waals surface area contributed by atoms with Crippen LogP contribution in [-0.2, 0) is 0 Å². The SMILES string of the molecule is C=Cc1cnnnc1. The minimum absolute atomic E-state index is 0.889. The molecule has 3 nitrogen and oxygen atoms in total. The van der Waals surface area contributed by atoms with Crippen LogP contribution in [0.2, 0.25) is 0 Å². The second kappa shape index (κ2) is 2.16. The van der Waals surface area contributed by atoms with Crippen molar-refractivity contribution < 1.29 is 0 Å². The Morgan fingerprint density at radius 2 is 2.00 bits per heavy atom. The van der Waals surface area contributed by atoms with E-state index >= 15 is 0 Å². The van der Waals surface area contributed by atoms with E-state index in [1.165, 1.54) is 0 Å². The number of hydrogen-bond donors (Lipinski definition) is 0. The van der Waals surface area contributed by atoms with Crippen molar-refractivity contribution >= 4 is 6.08 Å². The normalized spacial score (nSPS) is 8.50. The molecule has 1 aromatic rings. The van der Waals surface area contributed by atoms with Gasteiger partial charge in [0.2, 0.25) is 0 Å². The molecule has 0 fully saturated rings. The van der Waals surface area contributed by atoms with E-state index in [0.29, 0.717) is 0 Å². The van der Waals surface area contributed by atoms with Gasteiger partial charge in [0.1, 0.15) is 0 Å². The molecule has 0 saturated carbocycles. The third kappa shape index (κ3) is 0.872. The molecule has 0 saturated heterocycles. The highest BCUT2D eigenvalue weighted by Gasteiger charge is 1.79. The molecule has 0 aliphatic heterocycles. The molecule has 1 aromatic heterocycles. The molecule has 0 bridgehead atoms. The smallest absolute Gasteiger partial charge is 0.0602 e. The van der Waals surface area contributed by atoms with E-state index in [-0.39, 0.29) is 0 Å². The summed E-state index contributed by atoms with van der Waals surface area (Å²) in [6, 6.07) is 0. The third-order valence-electron chi connectivity index (χ3n) is 0.753. The standard InChI is InChI=1S/C5H5N3/c1-2-5-3-6-8-7-4-5/h2-4H,1H2. The molecule has 0 unspecified atom stereocenters. The molecular weight excluding hydrogens is 102 g/mol. The molecule has 0 amide bonds. The third-order valence-corrected chi connectivity index (χ3v) is 0.753. The van der Waals surface area contributed by atoms with Gasteiger partial charge in [0.05, 0.1) is 12.4 Å². The van der Waals surface area contributed by atoms with Crippen LogP contribution in [0.25, 0.3) is 6.08 Å². The first kappa shape index (κ1) is 4.90. The summed E-state index contributed by atoms with van der Waals surface area (Å²) in [7, 11) is 0. The first-order chi connectivity index (χ1) is 3.93. The van der Waals surface area contributed by atoms with Gasteiger partial charge in [0, 0.05) is 5.56 Å². The number of nitrogens with zero attached hydrogens (tertiary/aromatic N) is 3. The second-order valence-corrected chi connectivity index (χ2v) is 1.28. The van der Waals surface area contributed by atoms with Crippen molar-refractivity contribution in [3.05, 3.63) is 24.5 Å². The summed E-state index contributed by atoms with van der Waals surface area (Å²) in [6.45, 7) is 3.52. The highest BCUT2D eigenvalue weighted by molar-refractivity contribution is 5.42. The minimum Gasteiger partial charge on any atom is -0.138 e. The summed E-state index contributed by atoms with van der Waals surface area (Å²) in [4.78, 5) is 0. The van der Waals surface area contributed by atoms with Gasteiger partial charge in [0.15, 0.2) is 0 Å². The molecule has 8 heavy (non-hydrogen) atoms. The molecule has 1 heterocycles. The van der Waals surface area contributed by atoms with E-state index in [4.69, 9.17) is 0 Å². The predicted molar refractivity (Wildman–Crippen MR) is 29.9 cm³/mol. The van der Waals surface area contributed by atoms with Gasteiger partial charge in [-0.25, -0.2) is 0 Å². The zero-order valence-corrected chi connectivity index (χ0v) is 4.28. The maximum absolute atomic E-state index is 3.52. The van der Waals surface area contributed by atoms with Crippen LogP contribution in [0.15, 0.2) is 19.0 Å². The van der Waals surface area contributed by atoms with E-state index in [1.807, 2.05) is 0 Å². The molecular formula is C5H5N3. The summed E-state index contributed by atoms with van der Waals surface area (Å²) in [5.41, 5.74) is 0.889. The zero-order valence-electron chi connectivity index (χ0n) is 4.28. The first-order valence-corrected chi connectivity index (χ1v) is 2.19. The Bertz CT molecular complexity index is 170. The van der Waals surface area contributed by atoms with Crippen LogP contribution in [0.1, 0.15) is 5.56 Å². The van der Waals surface area contributed by atoms with Gasteiger partial charge in [-0.1, -0.05) is 12.7 Å². The minimum atomic E-state index is 0.889. The summed E-state index contributed by atoms with van der Waals surface area (Å²) in [5.74, 6) is 0. The van der Waals surface area contributed by atoms with Crippen molar-refractivity contribution in [3.8, 4) is 0 Å². The number of rotatable bonds is 1. The van der Waals surface area contributed by atoms with E-state index in [0.717, 1.165) is 5.56 Å². The fraction of sp³-hybridized carbons (Fsp3) is 0. The lowest BCUT2D eigenvalue weighted by Crippen LogP contribution is -1.83. The molecule has 1 rings (SSSR count). The van der Waals surface area contributed by atoms with Crippen molar-refractivity contribution in [3.63, 3.8) is 0 Å². The van der Waals surface area contributed by atoms with Gasteiger partial charge >= 0.3 is 0 Å². The fourth-order valence-electron chi connectivity index (χ4n) is 0.354. The highest BCUT2D eigenvalue weighted by atomic mass is 15.3. The van der Waals surface area contributed by atoms with Crippen molar-refractivity contribution in [2.24, 2.45) is 0 Å². The predicted octanol–water partition coefficient (Wildman–Crippen LogP) is 0.515. The van der Waals surface area contributed by atoms with Crippen LogP contribution in [0.4, 0.5) is 0 Å². The Morgan fingerprint density at radius 1 is 1.38 bits per heavy atom. The Kier molecular flexibility index (Phi) is 1.32. The molecule has 0 atom stereocenters. The molecule has 0 aliphatic carbocycles. The van der Waals surface area contributed by atoms with Crippen LogP contribution in [0.5, 0.6) is 0 Å². The lowest BCUT2D eigenvalue weighted by Gasteiger charge is -1.82. The molecule has 0 spiro atoms. The quantitative estimate of drug-likeness (QED) is 0.525. The second-order valence-electron chi connectivity index (χ2n) is 1.28. The van der Waals surface area contributed by atoms with E-state index in [2.05, 4.69) is 22.0 Å². The van der Waals surface area contributed by atoms with Crippen LogP contribution in [0.3, 0.4) is 0 Å². The maximum Gasteiger partial charge on any atom is 0.0602 e. The molecule has 0 radical (unpaired) electrons. The van der Waals surface area contributed by atoms with E-state index in [1.54, 1.807) is 18.5 Å². The Hall–Kier alpha value is -1.25. The average molecular weight is 107 g/mol. The summed E-state index contributed by atoms with van der Waals surface area (Å²) in [6.07, 6.45) is 4.86. The van der Waals surface area contributed by atoms with Crippen LogP contribution in [-0.4, -0.2) is 15.4 Å². The van der Waals surface area contributed by atoms with E-state index < -0.39 is 0 Å². The summed E-state index contributed by atoms with van der Waals surface area (Å²) < 4.78 is 0. The average Bonchev–Trinajstić information content (AvgIpc) is 1.90. The summed E-state index contributed by atoms with van der Waals surface area (Å²) in [5, 5.41) is 10.4. The lowest BCUT2D eigenvalue weighted by molar-refractivity contribution is 0.862. The lowest BCUT2D eigenvalue weighted by atomic mass is 10.4. The summed E-state index contributed by atoms with van der Waals surface area (Å²) >= 11 is 0. The van der Waals surface area contributed by atoms with Crippen molar-refractivity contribution in [1.82, 2.24) is 15.4 Å². The van der Waals surface area contributed by atoms with Crippen LogP contribution in [0, 0.1) is 0 Å². The molecule has 40 valence electrons. The fourth-order valence-corrected chi connectivity index (χ4v) is 0.354. The molecule has 0 N–H and O–H groups in total. The van der Waals surface area contributed by atoms with Gasteiger partial charge in [0.25, 0.3) is 0 Å². The van der Waals surface area contributed by atoms with Crippen molar-refractivity contribution in [1.29, 1.82) is 0 Å². The van der Waals surface area contributed by atoms with Gasteiger partial charge < -0.3 is 0 Å². The van der Waals surface area contributed by atoms with Gasteiger partial charge in [-0.3, -0.25) is 0 Å². The van der Waals surface area contributed by atoms with Crippen LogP contribution < -0.4 is 0 Å². The van der Waals surface area contributed by atoms with Crippen molar-refractivity contribution in [2.45, 2.75) is 0 Å². The first-order valence-electron chi connectivity index (χ1n) is 2.19. The Balaban J connectivity index is 2.99. The van der Waals surface area contributed by atoms with Gasteiger partial charge in [-0.15, -0.1) is 10.2 Å². The topological polar surface area (TPSA) is 38.7 Å². The molecule has 0 aliphatic rings. The van der Waals surface area contributed by atoms with Gasteiger partial charge in [-0.2, -0.15) is 0 Å². The monoisotopic (exact) mass is 107 g/mol. The largest absolute Gasteiger partial charge is 0.138 e. The maximum atomic E-state index is 3.52. The molecule has 3 heteroatoms. The Labute approximate surface area is 47.1 Å². The van der Waals surface area contributed by atoms with Gasteiger partial charge in [-0.05, 0) is 5.21 Å².